The Kier molecular flexibility index (Phi) is 3.45. The molecule has 0 spiro atoms. The summed E-state index contributed by atoms with van der Waals surface area (Å²) in [6.45, 7) is 3.90. The molecule has 0 saturated heterocycles. The first kappa shape index (κ1) is 11.8. The van der Waals surface area contributed by atoms with E-state index >= 15 is 0 Å². The second-order valence-corrected chi connectivity index (χ2v) is 4.66. The van der Waals surface area contributed by atoms with Gasteiger partial charge in [-0.05, 0) is 37.0 Å². The molecule has 0 heterocycles. The smallest absolute Gasteiger partial charge is 0.383 e. The lowest BCUT2D eigenvalue weighted by molar-refractivity contribution is -0.224. The normalized spacial score (nSPS) is 36.9. The lowest BCUT2D eigenvalue weighted by Gasteiger charge is -2.34. The van der Waals surface area contributed by atoms with Gasteiger partial charge in [-0.15, -0.1) is 0 Å². The first-order chi connectivity index (χ1) is 6.30. The fraction of sp³-hybridized carbons (Fsp3) is 1.00. The molecule has 1 aliphatic rings. The zero-order valence-electron chi connectivity index (χ0n) is 8.51. The van der Waals surface area contributed by atoms with Gasteiger partial charge in [0, 0.05) is 0 Å². The third-order valence-corrected chi connectivity index (χ3v) is 3.00. The molecule has 0 bridgehead atoms. The van der Waals surface area contributed by atoms with Gasteiger partial charge < -0.3 is 5.11 Å². The van der Waals surface area contributed by atoms with Crippen molar-refractivity contribution >= 4 is 0 Å². The second-order valence-electron chi connectivity index (χ2n) is 4.66. The summed E-state index contributed by atoms with van der Waals surface area (Å²) < 4.78 is 36.7. The fourth-order valence-corrected chi connectivity index (χ4v) is 2.53. The zero-order valence-corrected chi connectivity index (χ0v) is 8.51. The summed E-state index contributed by atoms with van der Waals surface area (Å²) in [6.07, 6.45) is -4.63. The van der Waals surface area contributed by atoms with Crippen molar-refractivity contribution in [3.05, 3.63) is 0 Å². The number of hydrogen-bond acceptors (Lipinski definition) is 1. The Labute approximate surface area is 82.3 Å². The molecule has 84 valence electrons. The molecule has 14 heavy (non-hydrogen) atoms. The van der Waals surface area contributed by atoms with E-state index < -0.39 is 18.2 Å². The maximum absolute atomic E-state index is 12.2. The van der Waals surface area contributed by atoms with Crippen LogP contribution in [0, 0.1) is 17.8 Å². The quantitative estimate of drug-likeness (QED) is 0.705. The maximum atomic E-state index is 12.2. The molecule has 4 heteroatoms. The van der Waals surface area contributed by atoms with Crippen LogP contribution in [-0.4, -0.2) is 17.4 Å². The van der Waals surface area contributed by atoms with Crippen molar-refractivity contribution in [2.24, 2.45) is 17.8 Å². The van der Waals surface area contributed by atoms with Crippen molar-refractivity contribution in [2.45, 2.75) is 45.4 Å². The van der Waals surface area contributed by atoms with E-state index in [1.807, 2.05) is 13.8 Å². The monoisotopic (exact) mass is 210 g/mol. The zero-order chi connectivity index (χ0) is 10.9. The molecule has 1 fully saturated rings. The number of hydrogen-bond donors (Lipinski definition) is 1. The third-order valence-electron chi connectivity index (χ3n) is 3.00. The van der Waals surface area contributed by atoms with E-state index in [2.05, 4.69) is 0 Å². The Morgan fingerprint density at radius 1 is 1.07 bits per heavy atom. The van der Waals surface area contributed by atoms with Crippen molar-refractivity contribution in [3.8, 4) is 0 Å². The van der Waals surface area contributed by atoms with Crippen molar-refractivity contribution in [3.63, 3.8) is 0 Å². The van der Waals surface area contributed by atoms with Gasteiger partial charge in [-0.3, -0.25) is 0 Å². The molecular formula is C10H17F3O. The van der Waals surface area contributed by atoms with Crippen LogP contribution in [0.25, 0.3) is 0 Å². The van der Waals surface area contributed by atoms with Crippen molar-refractivity contribution < 1.29 is 18.3 Å². The van der Waals surface area contributed by atoms with Gasteiger partial charge in [0.1, 0.15) is 0 Å². The van der Waals surface area contributed by atoms with Gasteiger partial charge in [-0.1, -0.05) is 13.8 Å². The Balaban J connectivity index is 2.59. The SMILES string of the molecule is CC1CC(C)CC(C(O)C(F)(F)F)C1. The molecular weight excluding hydrogens is 193 g/mol. The predicted molar refractivity (Wildman–Crippen MR) is 47.7 cm³/mol. The summed E-state index contributed by atoms with van der Waals surface area (Å²) >= 11 is 0. The average molecular weight is 210 g/mol. The van der Waals surface area contributed by atoms with E-state index in [-0.39, 0.29) is 0 Å². The minimum atomic E-state index is -4.46. The van der Waals surface area contributed by atoms with E-state index in [4.69, 9.17) is 5.11 Å². The second kappa shape index (κ2) is 4.09. The summed E-state index contributed by atoms with van der Waals surface area (Å²) in [5.41, 5.74) is 0. The molecule has 1 saturated carbocycles. The minimum Gasteiger partial charge on any atom is -0.383 e. The first-order valence-corrected chi connectivity index (χ1v) is 5.05. The Morgan fingerprint density at radius 2 is 1.50 bits per heavy atom. The largest absolute Gasteiger partial charge is 0.414 e. The van der Waals surface area contributed by atoms with Crippen molar-refractivity contribution in [2.75, 3.05) is 0 Å². The molecule has 1 nitrogen and oxygen atoms in total. The van der Waals surface area contributed by atoms with Gasteiger partial charge in [0.2, 0.25) is 0 Å². The van der Waals surface area contributed by atoms with Crippen LogP contribution in [0.15, 0.2) is 0 Å². The van der Waals surface area contributed by atoms with Gasteiger partial charge in [-0.2, -0.15) is 13.2 Å². The average Bonchev–Trinajstić information content (AvgIpc) is 1.99. The highest BCUT2D eigenvalue weighted by molar-refractivity contribution is 4.82. The van der Waals surface area contributed by atoms with Crippen LogP contribution in [0.1, 0.15) is 33.1 Å². The van der Waals surface area contributed by atoms with Crippen molar-refractivity contribution in [1.82, 2.24) is 0 Å². The highest BCUT2D eigenvalue weighted by Crippen LogP contribution is 2.39. The van der Waals surface area contributed by atoms with Crippen LogP contribution in [0.4, 0.5) is 13.2 Å². The summed E-state index contributed by atoms with van der Waals surface area (Å²) in [7, 11) is 0. The topological polar surface area (TPSA) is 20.2 Å². The number of halogens is 3. The molecule has 0 aromatic heterocycles. The van der Waals surface area contributed by atoms with Crippen LogP contribution in [0.2, 0.25) is 0 Å². The molecule has 0 amide bonds. The van der Waals surface area contributed by atoms with E-state index in [9.17, 15) is 13.2 Å². The molecule has 3 unspecified atom stereocenters. The molecule has 0 radical (unpaired) electrons. The standard InChI is InChI=1S/C10H17F3O/c1-6-3-7(2)5-8(4-6)9(14)10(11,12)13/h6-9,14H,3-5H2,1-2H3. The number of aliphatic hydroxyl groups excluding tert-OH is 1. The van der Waals surface area contributed by atoms with Crippen LogP contribution < -0.4 is 0 Å². The molecule has 1 N–H and O–H groups in total. The van der Waals surface area contributed by atoms with Gasteiger partial charge >= 0.3 is 6.18 Å². The maximum Gasteiger partial charge on any atom is 0.414 e. The highest BCUT2D eigenvalue weighted by atomic mass is 19.4. The minimum absolute atomic E-state index is 0.292. The summed E-state index contributed by atoms with van der Waals surface area (Å²) in [4.78, 5) is 0. The van der Waals surface area contributed by atoms with Gasteiger partial charge in [-0.25, -0.2) is 0 Å². The third kappa shape index (κ3) is 2.87. The van der Waals surface area contributed by atoms with E-state index in [1.54, 1.807) is 0 Å². The fourth-order valence-electron chi connectivity index (χ4n) is 2.53. The van der Waals surface area contributed by atoms with E-state index in [0.29, 0.717) is 24.7 Å². The Morgan fingerprint density at radius 3 is 1.86 bits per heavy atom. The highest BCUT2D eigenvalue weighted by Gasteiger charge is 2.45. The Bertz CT molecular complexity index is 180. The van der Waals surface area contributed by atoms with E-state index in [0.717, 1.165) is 6.42 Å². The van der Waals surface area contributed by atoms with Crippen molar-refractivity contribution in [1.29, 1.82) is 0 Å². The summed E-state index contributed by atoms with van der Waals surface area (Å²) in [5.74, 6) is -0.0183. The van der Waals surface area contributed by atoms with Gasteiger partial charge in [0.05, 0.1) is 0 Å². The van der Waals surface area contributed by atoms with Crippen LogP contribution in [-0.2, 0) is 0 Å². The summed E-state index contributed by atoms with van der Waals surface area (Å²) in [6, 6.07) is 0. The molecule has 0 aromatic rings. The lowest BCUT2D eigenvalue weighted by Crippen LogP contribution is -2.39. The lowest BCUT2D eigenvalue weighted by atomic mass is 9.74. The Hall–Kier alpha value is -0.250. The van der Waals surface area contributed by atoms with Crippen LogP contribution >= 0.6 is 0 Å². The number of rotatable bonds is 1. The molecule has 1 rings (SSSR count). The van der Waals surface area contributed by atoms with Crippen LogP contribution in [0.3, 0.4) is 0 Å². The molecule has 0 aliphatic heterocycles. The van der Waals surface area contributed by atoms with Gasteiger partial charge in [0.15, 0.2) is 6.10 Å². The molecule has 3 atom stereocenters. The van der Waals surface area contributed by atoms with Gasteiger partial charge in [0.25, 0.3) is 0 Å². The van der Waals surface area contributed by atoms with E-state index in [1.165, 1.54) is 0 Å². The molecule has 1 aliphatic carbocycles. The predicted octanol–water partition coefficient (Wildman–Crippen LogP) is 2.98. The first-order valence-electron chi connectivity index (χ1n) is 5.05. The summed E-state index contributed by atoms with van der Waals surface area (Å²) in [5, 5.41) is 9.12. The molecule has 0 aromatic carbocycles. The van der Waals surface area contributed by atoms with Crippen LogP contribution in [0.5, 0.6) is 0 Å². The number of alkyl halides is 3. The number of aliphatic hydroxyl groups is 1.